The minimum Gasteiger partial charge on any atom is -0.372 e. The second kappa shape index (κ2) is 6.71. The van der Waals surface area contributed by atoms with Crippen molar-refractivity contribution in [3.05, 3.63) is 35.1 Å². The van der Waals surface area contributed by atoms with Gasteiger partial charge in [-0.15, -0.1) is 0 Å². The monoisotopic (exact) mass is 352 g/mol. The Morgan fingerprint density at radius 2 is 1.95 bits per heavy atom. The van der Waals surface area contributed by atoms with E-state index < -0.39 is 0 Å². The number of rotatable bonds is 4. The van der Waals surface area contributed by atoms with E-state index in [0.717, 1.165) is 25.9 Å². The molecule has 1 heterocycles. The van der Waals surface area contributed by atoms with E-state index in [1.54, 1.807) is 0 Å². The highest BCUT2D eigenvalue weighted by atomic mass is 79.9. The molecule has 2 rings (SSSR count). The van der Waals surface area contributed by atoms with E-state index in [-0.39, 0.29) is 5.91 Å². The fourth-order valence-corrected chi connectivity index (χ4v) is 2.95. The summed E-state index contributed by atoms with van der Waals surface area (Å²) in [5.74, 6) is 0.667. The van der Waals surface area contributed by atoms with Crippen molar-refractivity contribution in [2.24, 2.45) is 0 Å². The second-order valence-corrected chi connectivity index (χ2v) is 5.75. The number of hydrogen-bond donors (Lipinski definition) is 2. The summed E-state index contributed by atoms with van der Waals surface area (Å²) < 4.78 is 0.832. The van der Waals surface area contributed by atoms with E-state index in [4.69, 9.17) is 0 Å². The molecule has 1 aromatic carbocycles. The van der Waals surface area contributed by atoms with Crippen molar-refractivity contribution in [2.45, 2.75) is 16.8 Å². The molecule has 0 unspecified atom stereocenters. The van der Waals surface area contributed by atoms with Crippen LogP contribution in [0.2, 0.25) is 0 Å². The Morgan fingerprint density at radius 3 is 2.55 bits per heavy atom. The predicted octanol–water partition coefficient (Wildman–Crippen LogP) is 3.39. The van der Waals surface area contributed by atoms with Crippen molar-refractivity contribution in [1.82, 2.24) is 9.97 Å². The molecule has 5 nitrogen and oxygen atoms in total. The number of aromatic nitrogens is 2. The Balaban J connectivity index is 2.16. The highest BCUT2D eigenvalue weighted by Crippen LogP contribution is 2.34. The van der Waals surface area contributed by atoms with Crippen molar-refractivity contribution in [3.8, 4) is 0 Å². The second-order valence-electron chi connectivity index (χ2n) is 3.90. The van der Waals surface area contributed by atoms with Gasteiger partial charge < -0.3 is 10.6 Å². The molecule has 0 aliphatic heterocycles. The van der Waals surface area contributed by atoms with Gasteiger partial charge >= 0.3 is 0 Å². The normalized spacial score (nSPS) is 10.2. The Kier molecular flexibility index (Phi) is 4.97. The molecule has 0 atom stereocenters. The number of nitrogens with one attached hydrogen (secondary N) is 2. The van der Waals surface area contributed by atoms with Crippen LogP contribution in [0, 0.1) is 0 Å². The standard InChI is InChI=1S/C13H13BrN4OS/c1-8(19)18-9-3-5-10(6-4-9)20-13-11(14)12(15-2)16-7-17-13/h3-7H,1-2H3,(H,18,19)(H,15,16,17). The predicted molar refractivity (Wildman–Crippen MR) is 84.1 cm³/mol. The molecule has 0 saturated carbocycles. The molecule has 0 aliphatic carbocycles. The minimum absolute atomic E-state index is 0.0809. The summed E-state index contributed by atoms with van der Waals surface area (Å²) >= 11 is 5.00. The number of carbonyl (C=O) groups is 1. The molecule has 2 aromatic rings. The lowest BCUT2D eigenvalue weighted by molar-refractivity contribution is -0.114. The molecular weight excluding hydrogens is 340 g/mol. The van der Waals surface area contributed by atoms with E-state index in [9.17, 15) is 4.79 Å². The van der Waals surface area contributed by atoms with Gasteiger partial charge in [0.1, 0.15) is 17.2 Å². The molecule has 0 spiro atoms. The van der Waals surface area contributed by atoms with Crippen LogP contribution >= 0.6 is 27.7 Å². The van der Waals surface area contributed by atoms with Crippen LogP contribution in [0.25, 0.3) is 0 Å². The number of hydrogen-bond acceptors (Lipinski definition) is 5. The van der Waals surface area contributed by atoms with Crippen LogP contribution < -0.4 is 10.6 Å². The number of amides is 1. The van der Waals surface area contributed by atoms with Crippen molar-refractivity contribution < 1.29 is 4.79 Å². The fraction of sp³-hybridized carbons (Fsp3) is 0.154. The van der Waals surface area contributed by atoms with Crippen LogP contribution in [0.4, 0.5) is 11.5 Å². The first-order valence-corrected chi connectivity index (χ1v) is 7.45. The van der Waals surface area contributed by atoms with Gasteiger partial charge in [0.05, 0.1) is 4.47 Å². The molecule has 0 aliphatic rings. The van der Waals surface area contributed by atoms with Crippen LogP contribution in [0.5, 0.6) is 0 Å². The highest BCUT2D eigenvalue weighted by Gasteiger charge is 2.09. The van der Waals surface area contributed by atoms with Crippen LogP contribution in [0.3, 0.4) is 0 Å². The smallest absolute Gasteiger partial charge is 0.221 e. The molecule has 1 amide bonds. The van der Waals surface area contributed by atoms with Gasteiger partial charge in [-0.25, -0.2) is 9.97 Å². The molecule has 104 valence electrons. The van der Waals surface area contributed by atoms with E-state index in [1.165, 1.54) is 25.0 Å². The zero-order valence-electron chi connectivity index (χ0n) is 11.0. The Hall–Kier alpha value is -1.60. The first-order chi connectivity index (χ1) is 9.60. The number of nitrogens with zero attached hydrogens (tertiary/aromatic N) is 2. The Morgan fingerprint density at radius 1 is 1.25 bits per heavy atom. The maximum atomic E-state index is 11.0. The first-order valence-electron chi connectivity index (χ1n) is 5.84. The van der Waals surface area contributed by atoms with Gasteiger partial charge in [0.15, 0.2) is 0 Å². The Bertz CT molecular complexity index is 618. The Labute approximate surface area is 129 Å². The lowest BCUT2D eigenvalue weighted by Gasteiger charge is -2.07. The highest BCUT2D eigenvalue weighted by molar-refractivity contribution is 9.10. The van der Waals surface area contributed by atoms with Gasteiger partial charge in [0.25, 0.3) is 0 Å². The number of anilines is 2. The molecule has 0 fully saturated rings. The maximum absolute atomic E-state index is 11.0. The zero-order chi connectivity index (χ0) is 14.5. The molecule has 1 aromatic heterocycles. The lowest BCUT2D eigenvalue weighted by atomic mass is 10.3. The summed E-state index contributed by atoms with van der Waals surface area (Å²) in [6, 6.07) is 7.59. The third-order valence-corrected chi connectivity index (χ3v) is 4.41. The minimum atomic E-state index is -0.0809. The van der Waals surface area contributed by atoms with Gasteiger partial charge in [0.2, 0.25) is 5.91 Å². The summed E-state index contributed by atoms with van der Waals surface area (Å²) in [6.07, 6.45) is 1.52. The number of carbonyl (C=O) groups excluding carboxylic acids is 1. The third kappa shape index (κ3) is 3.71. The van der Waals surface area contributed by atoms with E-state index >= 15 is 0 Å². The van der Waals surface area contributed by atoms with Gasteiger partial charge in [0, 0.05) is 24.6 Å². The van der Waals surface area contributed by atoms with Crippen molar-refractivity contribution in [2.75, 3.05) is 17.7 Å². The molecule has 7 heteroatoms. The van der Waals surface area contributed by atoms with Crippen LogP contribution in [-0.4, -0.2) is 22.9 Å². The molecule has 0 bridgehead atoms. The van der Waals surface area contributed by atoms with Gasteiger partial charge in [-0.3, -0.25) is 4.79 Å². The van der Waals surface area contributed by atoms with Gasteiger partial charge in [-0.1, -0.05) is 11.8 Å². The summed E-state index contributed by atoms with van der Waals surface area (Å²) in [5.41, 5.74) is 0.777. The van der Waals surface area contributed by atoms with Crippen molar-refractivity contribution in [3.63, 3.8) is 0 Å². The fourth-order valence-electron chi connectivity index (χ4n) is 1.52. The van der Waals surface area contributed by atoms with Crippen molar-refractivity contribution >= 4 is 45.1 Å². The van der Waals surface area contributed by atoms with E-state index in [0.29, 0.717) is 0 Å². The number of halogens is 1. The number of benzene rings is 1. The largest absolute Gasteiger partial charge is 0.372 e. The molecule has 0 saturated heterocycles. The molecule has 0 radical (unpaired) electrons. The SMILES string of the molecule is CNc1ncnc(Sc2ccc(NC(C)=O)cc2)c1Br. The third-order valence-electron chi connectivity index (χ3n) is 2.38. The maximum Gasteiger partial charge on any atom is 0.221 e. The quantitative estimate of drug-likeness (QED) is 0.825. The van der Waals surface area contributed by atoms with Crippen LogP contribution in [0.1, 0.15) is 6.92 Å². The average molecular weight is 353 g/mol. The topological polar surface area (TPSA) is 66.9 Å². The average Bonchev–Trinajstić information content (AvgIpc) is 2.43. The van der Waals surface area contributed by atoms with Crippen LogP contribution in [0.15, 0.2) is 45.0 Å². The first kappa shape index (κ1) is 14.8. The summed E-state index contributed by atoms with van der Waals surface area (Å²) in [4.78, 5) is 20.4. The lowest BCUT2D eigenvalue weighted by Crippen LogP contribution is -2.05. The van der Waals surface area contributed by atoms with Crippen LogP contribution in [-0.2, 0) is 4.79 Å². The molecule has 2 N–H and O–H groups in total. The van der Waals surface area contributed by atoms with E-state index in [1.807, 2.05) is 31.3 Å². The zero-order valence-corrected chi connectivity index (χ0v) is 13.4. The summed E-state index contributed by atoms with van der Waals surface area (Å²) in [5, 5.41) is 6.56. The summed E-state index contributed by atoms with van der Waals surface area (Å²) in [6.45, 7) is 1.49. The van der Waals surface area contributed by atoms with Crippen molar-refractivity contribution in [1.29, 1.82) is 0 Å². The molecule has 20 heavy (non-hydrogen) atoms. The summed E-state index contributed by atoms with van der Waals surface area (Å²) in [7, 11) is 1.81. The van der Waals surface area contributed by atoms with Gasteiger partial charge in [-0.05, 0) is 40.2 Å². The molecular formula is C13H13BrN4OS. The van der Waals surface area contributed by atoms with E-state index in [2.05, 4.69) is 36.5 Å². The van der Waals surface area contributed by atoms with Gasteiger partial charge in [-0.2, -0.15) is 0 Å².